The van der Waals surface area contributed by atoms with Crippen molar-refractivity contribution in [3.63, 3.8) is 0 Å². The number of hydrogen-bond acceptors (Lipinski definition) is 4. The van der Waals surface area contributed by atoms with Crippen LogP contribution >= 0.6 is 0 Å². The highest BCUT2D eigenvalue weighted by molar-refractivity contribution is 5.80. The molecule has 1 saturated heterocycles. The van der Waals surface area contributed by atoms with Gasteiger partial charge in [0.15, 0.2) is 5.96 Å². The molecule has 156 valence electrons. The zero-order chi connectivity index (χ0) is 20.7. The van der Waals surface area contributed by atoms with Gasteiger partial charge >= 0.3 is 6.09 Å². The van der Waals surface area contributed by atoms with Crippen molar-refractivity contribution in [1.82, 2.24) is 15.5 Å². The molecule has 0 aliphatic carbocycles. The van der Waals surface area contributed by atoms with E-state index in [0.717, 1.165) is 36.6 Å². The monoisotopic (exact) mass is 390 g/mol. The van der Waals surface area contributed by atoms with Crippen LogP contribution in [0.3, 0.4) is 0 Å². The summed E-state index contributed by atoms with van der Waals surface area (Å²) in [5.74, 6) is 0.752. The number of hydrogen-bond donors (Lipinski definition) is 3. The maximum atomic E-state index is 12.0. The van der Waals surface area contributed by atoms with E-state index in [0.29, 0.717) is 6.54 Å². The summed E-state index contributed by atoms with van der Waals surface area (Å²) >= 11 is 0. The summed E-state index contributed by atoms with van der Waals surface area (Å²) in [6.07, 6.45) is -0.215. The normalized spacial score (nSPS) is 18.7. The fourth-order valence-corrected chi connectivity index (χ4v) is 3.13. The Labute approximate surface area is 168 Å². The van der Waals surface area contributed by atoms with Gasteiger partial charge in [-0.25, -0.2) is 4.79 Å². The Bertz CT molecular complexity index is 684. The molecule has 0 bridgehead atoms. The number of alkyl carbamates (subject to hydrolysis) is 1. The lowest BCUT2D eigenvalue weighted by atomic mass is 10.1. The largest absolute Gasteiger partial charge is 0.444 e. The molecule has 1 heterocycles. The molecule has 1 aliphatic rings. The van der Waals surface area contributed by atoms with E-state index < -0.39 is 17.8 Å². The Kier molecular flexibility index (Phi) is 7.69. The highest BCUT2D eigenvalue weighted by Crippen LogP contribution is 2.16. The number of aryl methyl sites for hydroxylation is 1. The molecule has 3 N–H and O–H groups in total. The molecule has 1 aromatic rings. The van der Waals surface area contributed by atoms with Gasteiger partial charge in [0.2, 0.25) is 0 Å². The highest BCUT2D eigenvalue weighted by Gasteiger charge is 2.28. The molecule has 0 spiro atoms. The lowest BCUT2D eigenvalue weighted by Crippen LogP contribution is -2.44. The summed E-state index contributed by atoms with van der Waals surface area (Å²) in [7, 11) is 0. The summed E-state index contributed by atoms with van der Waals surface area (Å²) in [4.78, 5) is 18.7. The fraction of sp³-hybridized carbons (Fsp3) is 0.619. The first-order valence-corrected chi connectivity index (χ1v) is 9.95. The highest BCUT2D eigenvalue weighted by atomic mass is 16.6. The molecule has 2 atom stereocenters. The summed E-state index contributed by atoms with van der Waals surface area (Å²) in [6.45, 7) is 12.0. The first kappa shape index (κ1) is 22.0. The number of carbonyl (C=O) groups excluding carboxylic acids is 1. The Morgan fingerprint density at radius 2 is 2.18 bits per heavy atom. The molecule has 1 aromatic carbocycles. The number of guanidine groups is 1. The standard InChI is InChI=1S/C21H34N4O3/c1-6-22-19(23-13-18(26)16-9-7-8-15(2)12-16)25-11-10-17(14-25)24-20(27)28-21(3,4)5/h7-9,12,17-18,26H,6,10-11,13-14H2,1-5H3,(H,22,23)(H,24,27)/t17-,18?/m1/s1. The molecule has 2 rings (SSSR count). The van der Waals surface area contributed by atoms with Gasteiger partial charge in [0.1, 0.15) is 5.60 Å². The zero-order valence-electron chi connectivity index (χ0n) is 17.7. The van der Waals surface area contributed by atoms with E-state index in [1.54, 1.807) is 0 Å². The van der Waals surface area contributed by atoms with Crippen molar-refractivity contribution in [2.24, 2.45) is 4.99 Å². The minimum atomic E-state index is -0.646. The van der Waals surface area contributed by atoms with Gasteiger partial charge in [0.25, 0.3) is 0 Å². The SMILES string of the molecule is CCNC(=NCC(O)c1cccc(C)c1)N1CC[C@@H](NC(=O)OC(C)(C)C)C1. The van der Waals surface area contributed by atoms with Crippen LogP contribution in [-0.2, 0) is 4.74 Å². The van der Waals surface area contributed by atoms with Gasteiger partial charge in [-0.1, -0.05) is 29.8 Å². The van der Waals surface area contributed by atoms with Crippen LogP contribution in [0.1, 0.15) is 51.3 Å². The molecular formula is C21H34N4O3. The van der Waals surface area contributed by atoms with Crippen molar-refractivity contribution in [1.29, 1.82) is 0 Å². The third-order valence-electron chi connectivity index (χ3n) is 4.38. The zero-order valence-corrected chi connectivity index (χ0v) is 17.7. The van der Waals surface area contributed by atoms with Gasteiger partial charge in [0.05, 0.1) is 18.7 Å². The summed E-state index contributed by atoms with van der Waals surface area (Å²) in [5, 5.41) is 16.7. The minimum Gasteiger partial charge on any atom is -0.444 e. The molecule has 28 heavy (non-hydrogen) atoms. The van der Waals surface area contributed by atoms with Crippen LogP contribution in [0, 0.1) is 6.92 Å². The third-order valence-corrected chi connectivity index (χ3v) is 4.38. The van der Waals surface area contributed by atoms with E-state index in [2.05, 4.69) is 20.5 Å². The van der Waals surface area contributed by atoms with Crippen molar-refractivity contribution in [2.45, 2.75) is 58.8 Å². The number of rotatable bonds is 5. The second kappa shape index (κ2) is 9.78. The molecule has 1 amide bonds. The second-order valence-electron chi connectivity index (χ2n) is 8.20. The third kappa shape index (κ3) is 7.03. The fourth-order valence-electron chi connectivity index (χ4n) is 3.13. The van der Waals surface area contributed by atoms with Gasteiger partial charge in [-0.05, 0) is 46.6 Å². The Morgan fingerprint density at radius 1 is 1.43 bits per heavy atom. The smallest absolute Gasteiger partial charge is 0.407 e. The minimum absolute atomic E-state index is 0.0143. The van der Waals surface area contributed by atoms with Crippen molar-refractivity contribution >= 4 is 12.1 Å². The number of benzene rings is 1. The summed E-state index contributed by atoms with van der Waals surface area (Å²) < 4.78 is 5.33. The van der Waals surface area contributed by atoms with Crippen LogP contribution in [0.5, 0.6) is 0 Å². The number of aliphatic imine (C=N–C) groups is 1. The van der Waals surface area contributed by atoms with Crippen LogP contribution in [-0.4, -0.2) is 59.9 Å². The van der Waals surface area contributed by atoms with Gasteiger partial charge < -0.3 is 25.4 Å². The van der Waals surface area contributed by atoms with Crippen LogP contribution in [0.2, 0.25) is 0 Å². The van der Waals surface area contributed by atoms with Crippen molar-refractivity contribution in [2.75, 3.05) is 26.2 Å². The van der Waals surface area contributed by atoms with Crippen LogP contribution < -0.4 is 10.6 Å². The quantitative estimate of drug-likeness (QED) is 0.531. The molecule has 0 aromatic heterocycles. The Hall–Kier alpha value is -2.28. The summed E-state index contributed by atoms with van der Waals surface area (Å²) in [6, 6.07) is 7.85. The molecular weight excluding hydrogens is 356 g/mol. The molecule has 1 fully saturated rings. The van der Waals surface area contributed by atoms with Crippen molar-refractivity contribution in [3.05, 3.63) is 35.4 Å². The number of aliphatic hydroxyl groups excluding tert-OH is 1. The Balaban J connectivity index is 1.94. The van der Waals surface area contributed by atoms with Gasteiger partial charge in [-0.2, -0.15) is 0 Å². The maximum Gasteiger partial charge on any atom is 0.407 e. The first-order chi connectivity index (χ1) is 13.2. The number of carbonyl (C=O) groups is 1. The van der Waals surface area contributed by atoms with Gasteiger partial charge in [-0.3, -0.25) is 4.99 Å². The number of likely N-dealkylation sites (tertiary alicyclic amines) is 1. The number of nitrogens with zero attached hydrogens (tertiary/aromatic N) is 2. The lowest BCUT2D eigenvalue weighted by molar-refractivity contribution is 0.0507. The number of nitrogens with one attached hydrogen (secondary N) is 2. The lowest BCUT2D eigenvalue weighted by Gasteiger charge is -2.23. The van der Waals surface area contributed by atoms with Crippen molar-refractivity contribution < 1.29 is 14.6 Å². The van der Waals surface area contributed by atoms with E-state index in [-0.39, 0.29) is 12.6 Å². The average Bonchev–Trinajstić information content (AvgIpc) is 3.04. The molecule has 0 saturated carbocycles. The van der Waals surface area contributed by atoms with E-state index in [1.807, 2.05) is 58.9 Å². The topological polar surface area (TPSA) is 86.2 Å². The van der Waals surface area contributed by atoms with Gasteiger partial charge in [0, 0.05) is 19.6 Å². The number of aliphatic hydroxyl groups is 1. The molecule has 1 aliphatic heterocycles. The molecule has 0 radical (unpaired) electrons. The maximum absolute atomic E-state index is 12.0. The van der Waals surface area contributed by atoms with Crippen LogP contribution in [0.25, 0.3) is 0 Å². The molecule has 7 heteroatoms. The Morgan fingerprint density at radius 3 is 2.82 bits per heavy atom. The predicted molar refractivity (Wildman–Crippen MR) is 111 cm³/mol. The molecule has 1 unspecified atom stereocenters. The van der Waals surface area contributed by atoms with Crippen molar-refractivity contribution in [3.8, 4) is 0 Å². The first-order valence-electron chi connectivity index (χ1n) is 9.95. The van der Waals surface area contributed by atoms with E-state index >= 15 is 0 Å². The number of amides is 1. The van der Waals surface area contributed by atoms with E-state index in [1.165, 1.54) is 0 Å². The summed E-state index contributed by atoms with van der Waals surface area (Å²) in [5.41, 5.74) is 1.47. The van der Waals surface area contributed by atoms with Crippen LogP contribution in [0.4, 0.5) is 4.79 Å². The van der Waals surface area contributed by atoms with Gasteiger partial charge in [-0.15, -0.1) is 0 Å². The van der Waals surface area contributed by atoms with E-state index in [4.69, 9.17) is 4.74 Å². The van der Waals surface area contributed by atoms with Crippen LogP contribution in [0.15, 0.2) is 29.3 Å². The predicted octanol–water partition coefficient (Wildman–Crippen LogP) is 2.59. The molecule has 7 nitrogen and oxygen atoms in total. The second-order valence-corrected chi connectivity index (χ2v) is 8.20. The average molecular weight is 391 g/mol. The number of ether oxygens (including phenoxy) is 1. The van der Waals surface area contributed by atoms with E-state index in [9.17, 15) is 9.90 Å².